The van der Waals surface area contributed by atoms with Gasteiger partial charge in [-0.3, -0.25) is 4.79 Å². The van der Waals surface area contributed by atoms with Gasteiger partial charge in [0.15, 0.2) is 0 Å². The first-order chi connectivity index (χ1) is 9.10. The van der Waals surface area contributed by atoms with E-state index in [2.05, 4.69) is 21.2 Å². The predicted molar refractivity (Wildman–Crippen MR) is 79.3 cm³/mol. The number of nitrogens with one attached hydrogen (secondary N) is 1. The maximum Gasteiger partial charge on any atom is 0.227 e. The molecule has 1 aliphatic carbocycles. The van der Waals surface area contributed by atoms with Crippen LogP contribution in [0.5, 0.6) is 5.75 Å². The first-order valence-corrected chi connectivity index (χ1v) is 7.29. The van der Waals surface area contributed by atoms with Crippen molar-refractivity contribution < 1.29 is 9.53 Å². The molecule has 0 bridgehead atoms. The van der Waals surface area contributed by atoms with E-state index in [-0.39, 0.29) is 17.9 Å². The zero-order chi connectivity index (χ0) is 13.8. The summed E-state index contributed by atoms with van der Waals surface area (Å²) in [6.07, 6.45) is 3.77. The van der Waals surface area contributed by atoms with Crippen molar-refractivity contribution in [3.8, 4) is 5.75 Å². The Balaban J connectivity index is 2.00. The van der Waals surface area contributed by atoms with Crippen molar-refractivity contribution in [2.75, 3.05) is 12.4 Å². The zero-order valence-corrected chi connectivity index (χ0v) is 12.6. The molecule has 2 atom stereocenters. The number of carbonyl (C=O) groups is 1. The molecule has 19 heavy (non-hydrogen) atoms. The molecular formula is C14H19BrN2O2. The minimum absolute atomic E-state index is 0.0321. The number of anilines is 1. The second-order valence-corrected chi connectivity index (χ2v) is 5.82. The number of nitrogens with two attached hydrogens (primary N) is 1. The lowest BCUT2D eigenvalue weighted by Crippen LogP contribution is -2.34. The van der Waals surface area contributed by atoms with Gasteiger partial charge in [-0.05, 0) is 53.4 Å². The lowest BCUT2D eigenvalue weighted by Gasteiger charge is -2.25. The van der Waals surface area contributed by atoms with Gasteiger partial charge >= 0.3 is 0 Å². The average molecular weight is 327 g/mol. The topological polar surface area (TPSA) is 64.3 Å². The van der Waals surface area contributed by atoms with Crippen LogP contribution in [0.3, 0.4) is 0 Å². The molecule has 1 aromatic rings. The molecule has 0 radical (unpaired) electrons. The maximum atomic E-state index is 12.2. The van der Waals surface area contributed by atoms with Crippen molar-refractivity contribution >= 4 is 27.5 Å². The molecule has 0 spiro atoms. The van der Waals surface area contributed by atoms with Crippen LogP contribution in [0, 0.1) is 5.92 Å². The van der Waals surface area contributed by atoms with Crippen LogP contribution in [0.2, 0.25) is 0 Å². The summed E-state index contributed by atoms with van der Waals surface area (Å²) in [5, 5.41) is 2.94. The van der Waals surface area contributed by atoms with Gasteiger partial charge in [-0.2, -0.15) is 0 Å². The molecule has 1 aliphatic rings. The lowest BCUT2D eigenvalue weighted by molar-refractivity contribution is -0.120. The number of hydrogen-bond donors (Lipinski definition) is 2. The molecule has 0 aliphatic heterocycles. The van der Waals surface area contributed by atoms with Gasteiger partial charge in [0, 0.05) is 17.6 Å². The minimum Gasteiger partial charge on any atom is -0.496 e. The standard InChI is InChI=1S/C14H19BrN2O2/c1-19-13-6-5-11(8-12(13)15)17-14(18)9-3-2-4-10(16)7-9/h5-6,8-10H,2-4,7,16H2,1H3,(H,17,18). The summed E-state index contributed by atoms with van der Waals surface area (Å²) in [6.45, 7) is 0. The molecule has 1 fully saturated rings. The van der Waals surface area contributed by atoms with Crippen LogP contribution in [-0.2, 0) is 4.79 Å². The summed E-state index contributed by atoms with van der Waals surface area (Å²) in [7, 11) is 1.61. The number of rotatable bonds is 3. The molecule has 1 amide bonds. The van der Waals surface area contributed by atoms with Crippen LogP contribution < -0.4 is 15.8 Å². The number of hydrogen-bond acceptors (Lipinski definition) is 3. The van der Waals surface area contributed by atoms with E-state index in [4.69, 9.17) is 10.5 Å². The second kappa shape index (κ2) is 6.39. The van der Waals surface area contributed by atoms with Crippen molar-refractivity contribution in [2.24, 2.45) is 11.7 Å². The molecule has 0 aromatic heterocycles. The van der Waals surface area contributed by atoms with Gasteiger partial charge in [-0.1, -0.05) is 6.42 Å². The fourth-order valence-corrected chi connectivity index (χ4v) is 2.99. The monoisotopic (exact) mass is 326 g/mol. The highest BCUT2D eigenvalue weighted by Crippen LogP contribution is 2.29. The van der Waals surface area contributed by atoms with Crippen LogP contribution in [0.25, 0.3) is 0 Å². The van der Waals surface area contributed by atoms with E-state index >= 15 is 0 Å². The number of halogens is 1. The third kappa shape index (κ3) is 3.70. The van der Waals surface area contributed by atoms with Crippen molar-refractivity contribution in [2.45, 2.75) is 31.7 Å². The van der Waals surface area contributed by atoms with Gasteiger partial charge in [-0.25, -0.2) is 0 Å². The van der Waals surface area contributed by atoms with Gasteiger partial charge in [0.1, 0.15) is 5.75 Å². The van der Waals surface area contributed by atoms with Crippen molar-refractivity contribution in [1.82, 2.24) is 0 Å². The molecule has 1 aromatic carbocycles. The molecular weight excluding hydrogens is 308 g/mol. The van der Waals surface area contributed by atoms with Crippen LogP contribution in [-0.4, -0.2) is 19.1 Å². The normalized spacial score (nSPS) is 22.9. The molecule has 104 valence electrons. The first-order valence-electron chi connectivity index (χ1n) is 6.50. The van der Waals surface area contributed by atoms with Crippen LogP contribution in [0.1, 0.15) is 25.7 Å². The minimum atomic E-state index is 0.0321. The van der Waals surface area contributed by atoms with E-state index in [1.807, 2.05) is 18.2 Å². The third-order valence-electron chi connectivity index (χ3n) is 3.50. The van der Waals surface area contributed by atoms with E-state index in [1.54, 1.807) is 7.11 Å². The largest absolute Gasteiger partial charge is 0.496 e. The molecule has 2 unspecified atom stereocenters. The highest BCUT2D eigenvalue weighted by atomic mass is 79.9. The van der Waals surface area contributed by atoms with Crippen molar-refractivity contribution in [3.05, 3.63) is 22.7 Å². The SMILES string of the molecule is COc1ccc(NC(=O)C2CCCC(N)C2)cc1Br. The Morgan fingerprint density at radius 1 is 1.47 bits per heavy atom. The second-order valence-electron chi connectivity index (χ2n) is 4.96. The average Bonchev–Trinajstić information content (AvgIpc) is 2.39. The summed E-state index contributed by atoms with van der Waals surface area (Å²) < 4.78 is 5.99. The van der Waals surface area contributed by atoms with Crippen LogP contribution in [0.15, 0.2) is 22.7 Å². The highest BCUT2D eigenvalue weighted by molar-refractivity contribution is 9.10. The predicted octanol–water partition coefficient (Wildman–Crippen LogP) is 2.91. The highest BCUT2D eigenvalue weighted by Gasteiger charge is 2.25. The Hall–Kier alpha value is -1.07. The number of carbonyl (C=O) groups excluding carboxylic acids is 1. The van der Waals surface area contributed by atoms with Gasteiger partial charge in [0.2, 0.25) is 5.91 Å². The Morgan fingerprint density at radius 2 is 2.26 bits per heavy atom. The van der Waals surface area contributed by atoms with E-state index in [0.29, 0.717) is 0 Å². The van der Waals surface area contributed by atoms with Gasteiger partial charge < -0.3 is 15.8 Å². The number of amides is 1. The zero-order valence-electron chi connectivity index (χ0n) is 11.0. The summed E-state index contributed by atoms with van der Waals surface area (Å²) >= 11 is 3.41. The summed E-state index contributed by atoms with van der Waals surface area (Å²) in [4.78, 5) is 12.2. The fraction of sp³-hybridized carbons (Fsp3) is 0.500. The Kier molecular flexibility index (Phi) is 4.82. The first kappa shape index (κ1) is 14.3. The molecule has 0 heterocycles. The molecule has 2 rings (SSSR count). The fourth-order valence-electron chi connectivity index (χ4n) is 2.45. The number of methoxy groups -OCH3 is 1. The van der Waals surface area contributed by atoms with Gasteiger partial charge in [-0.15, -0.1) is 0 Å². The van der Waals surface area contributed by atoms with Crippen LogP contribution in [0.4, 0.5) is 5.69 Å². The van der Waals surface area contributed by atoms with E-state index in [9.17, 15) is 4.79 Å². The quantitative estimate of drug-likeness (QED) is 0.897. The van der Waals surface area contributed by atoms with Crippen LogP contribution >= 0.6 is 15.9 Å². The maximum absolute atomic E-state index is 12.2. The Bertz CT molecular complexity index is 465. The smallest absolute Gasteiger partial charge is 0.227 e. The number of ether oxygens (including phenoxy) is 1. The molecule has 1 saturated carbocycles. The Morgan fingerprint density at radius 3 is 2.89 bits per heavy atom. The van der Waals surface area contributed by atoms with Gasteiger partial charge in [0.25, 0.3) is 0 Å². The van der Waals surface area contributed by atoms with E-state index < -0.39 is 0 Å². The summed E-state index contributed by atoms with van der Waals surface area (Å²) in [5.74, 6) is 0.842. The molecule has 4 nitrogen and oxygen atoms in total. The van der Waals surface area contributed by atoms with E-state index in [1.165, 1.54) is 0 Å². The Labute approximate surface area is 121 Å². The molecule has 3 N–H and O–H groups in total. The lowest BCUT2D eigenvalue weighted by atomic mass is 9.85. The summed E-state index contributed by atoms with van der Waals surface area (Å²) in [6, 6.07) is 5.67. The van der Waals surface area contributed by atoms with Crippen molar-refractivity contribution in [1.29, 1.82) is 0 Å². The summed E-state index contributed by atoms with van der Waals surface area (Å²) in [5.41, 5.74) is 6.69. The molecule has 5 heteroatoms. The molecule has 0 saturated heterocycles. The van der Waals surface area contributed by atoms with Crippen molar-refractivity contribution in [3.63, 3.8) is 0 Å². The number of benzene rings is 1. The van der Waals surface area contributed by atoms with Gasteiger partial charge in [0.05, 0.1) is 11.6 Å². The third-order valence-corrected chi connectivity index (χ3v) is 4.12. The van der Waals surface area contributed by atoms with E-state index in [0.717, 1.165) is 41.6 Å².